The van der Waals surface area contributed by atoms with E-state index in [-0.39, 0.29) is 11.0 Å². The SMILES string of the molecule is COc1ccc(CNC(=O)c2c(=O)c3ccc(N4CCOCC4)nc3n3c2sc2ccccc23)cc1. The highest BCUT2D eigenvalue weighted by Crippen LogP contribution is 2.31. The number of methoxy groups -OCH3 is 1. The zero-order valence-electron chi connectivity index (χ0n) is 19.7. The van der Waals surface area contributed by atoms with Crippen LogP contribution in [0.3, 0.4) is 0 Å². The number of carbonyl (C=O) groups excluding carboxylic acids is 1. The van der Waals surface area contributed by atoms with Crippen LogP contribution < -0.4 is 20.4 Å². The third kappa shape index (κ3) is 3.86. The summed E-state index contributed by atoms with van der Waals surface area (Å²) in [6.45, 7) is 3.07. The molecule has 0 unspecified atom stereocenters. The van der Waals surface area contributed by atoms with E-state index < -0.39 is 5.91 Å². The van der Waals surface area contributed by atoms with Gasteiger partial charge in [-0.3, -0.25) is 14.0 Å². The molecular weight excluding hydrogens is 476 g/mol. The summed E-state index contributed by atoms with van der Waals surface area (Å²) in [7, 11) is 1.61. The molecule has 0 bridgehead atoms. The van der Waals surface area contributed by atoms with Crippen LogP contribution in [0.25, 0.3) is 26.1 Å². The Bertz CT molecular complexity index is 1650. The molecule has 9 heteroatoms. The molecule has 2 aromatic carbocycles. The van der Waals surface area contributed by atoms with Gasteiger partial charge in [0.15, 0.2) is 5.65 Å². The summed E-state index contributed by atoms with van der Waals surface area (Å²) in [4.78, 5) is 34.8. The molecule has 6 rings (SSSR count). The Labute approximate surface area is 210 Å². The molecule has 36 heavy (non-hydrogen) atoms. The van der Waals surface area contributed by atoms with Crippen LogP contribution in [0, 0.1) is 0 Å². The monoisotopic (exact) mass is 500 g/mol. The number of hydrogen-bond donors (Lipinski definition) is 1. The molecule has 0 saturated carbocycles. The second-order valence-corrected chi connectivity index (χ2v) is 9.62. The van der Waals surface area contributed by atoms with E-state index in [9.17, 15) is 9.59 Å². The maximum absolute atomic E-state index is 13.7. The number of hydrogen-bond acceptors (Lipinski definition) is 7. The first kappa shape index (κ1) is 22.5. The summed E-state index contributed by atoms with van der Waals surface area (Å²) in [5, 5.41) is 3.35. The maximum Gasteiger partial charge on any atom is 0.258 e. The van der Waals surface area contributed by atoms with Crippen LogP contribution in [0.1, 0.15) is 15.9 Å². The smallest absolute Gasteiger partial charge is 0.258 e. The number of anilines is 1. The van der Waals surface area contributed by atoms with Crippen LogP contribution in [0.2, 0.25) is 0 Å². The Morgan fingerprint density at radius 2 is 1.86 bits per heavy atom. The lowest BCUT2D eigenvalue weighted by atomic mass is 10.1. The molecule has 1 N–H and O–H groups in total. The van der Waals surface area contributed by atoms with Crippen molar-refractivity contribution in [2.24, 2.45) is 0 Å². The Morgan fingerprint density at radius 1 is 1.08 bits per heavy atom. The number of aromatic nitrogens is 2. The highest BCUT2D eigenvalue weighted by Gasteiger charge is 2.23. The minimum atomic E-state index is -0.404. The molecular formula is C27H24N4O4S. The van der Waals surface area contributed by atoms with Crippen molar-refractivity contribution in [1.29, 1.82) is 0 Å². The van der Waals surface area contributed by atoms with E-state index in [4.69, 9.17) is 14.5 Å². The highest BCUT2D eigenvalue weighted by molar-refractivity contribution is 7.24. The Hall–Kier alpha value is -3.95. The predicted octanol–water partition coefficient (Wildman–Crippen LogP) is 3.84. The van der Waals surface area contributed by atoms with E-state index in [1.54, 1.807) is 13.2 Å². The van der Waals surface area contributed by atoms with Crippen molar-refractivity contribution in [3.63, 3.8) is 0 Å². The van der Waals surface area contributed by atoms with Gasteiger partial charge >= 0.3 is 0 Å². The number of thiazole rings is 1. The first-order valence-electron chi connectivity index (χ1n) is 11.7. The number of amides is 1. The van der Waals surface area contributed by atoms with Crippen LogP contribution >= 0.6 is 11.3 Å². The number of benzene rings is 2. The van der Waals surface area contributed by atoms with Crippen molar-refractivity contribution < 1.29 is 14.3 Å². The summed E-state index contributed by atoms with van der Waals surface area (Å²) in [5.74, 6) is 1.14. The molecule has 1 aliphatic rings. The molecule has 1 fully saturated rings. The summed E-state index contributed by atoms with van der Waals surface area (Å²) in [6, 6.07) is 19.0. The molecule has 5 aromatic rings. The molecule has 0 radical (unpaired) electrons. The average molecular weight is 501 g/mol. The van der Waals surface area contributed by atoms with E-state index in [1.165, 1.54) is 11.3 Å². The van der Waals surface area contributed by atoms with Gasteiger partial charge in [-0.1, -0.05) is 24.3 Å². The highest BCUT2D eigenvalue weighted by atomic mass is 32.1. The fourth-order valence-corrected chi connectivity index (χ4v) is 5.74. The summed E-state index contributed by atoms with van der Waals surface area (Å²) in [6.07, 6.45) is 0. The Kier molecular flexibility index (Phi) is 5.79. The minimum absolute atomic E-state index is 0.137. The lowest BCUT2D eigenvalue weighted by Crippen LogP contribution is -2.36. The fraction of sp³-hybridized carbons (Fsp3) is 0.222. The molecule has 1 aliphatic heterocycles. The molecule has 8 nitrogen and oxygen atoms in total. The van der Waals surface area contributed by atoms with Crippen molar-refractivity contribution >= 4 is 49.1 Å². The Balaban J connectivity index is 1.48. The van der Waals surface area contributed by atoms with Crippen LogP contribution in [0.15, 0.2) is 65.5 Å². The quantitative estimate of drug-likeness (QED) is 0.395. The molecule has 3 aromatic heterocycles. The number of nitrogens with zero attached hydrogens (tertiary/aromatic N) is 3. The topological polar surface area (TPSA) is 85.2 Å². The standard InChI is InChI=1S/C27H24N4O4S/c1-34-18-8-6-17(7-9-18)16-28-26(33)23-24(32)19-10-11-22(30-12-14-35-15-13-30)29-25(19)31-20-4-2-3-5-21(20)36-27(23)31/h2-11H,12-16H2,1H3,(H,28,33). The first-order valence-corrected chi connectivity index (χ1v) is 12.6. The number of para-hydroxylation sites is 1. The van der Waals surface area contributed by atoms with E-state index in [0.29, 0.717) is 35.6 Å². The zero-order chi connectivity index (χ0) is 24.6. The van der Waals surface area contributed by atoms with Crippen LogP contribution in [0.5, 0.6) is 5.75 Å². The number of fused-ring (bicyclic) bond motifs is 5. The van der Waals surface area contributed by atoms with E-state index in [2.05, 4.69) is 10.2 Å². The lowest BCUT2D eigenvalue weighted by molar-refractivity contribution is 0.0951. The van der Waals surface area contributed by atoms with Crippen LogP contribution in [-0.4, -0.2) is 48.7 Å². The van der Waals surface area contributed by atoms with E-state index in [0.717, 1.165) is 40.4 Å². The second kappa shape index (κ2) is 9.25. The van der Waals surface area contributed by atoms with Crippen LogP contribution in [0.4, 0.5) is 5.82 Å². The molecule has 4 heterocycles. The number of rotatable bonds is 5. The number of nitrogens with one attached hydrogen (secondary N) is 1. The van der Waals surface area contributed by atoms with Gasteiger partial charge in [-0.2, -0.15) is 0 Å². The van der Waals surface area contributed by atoms with Crippen molar-refractivity contribution in [2.75, 3.05) is 38.3 Å². The minimum Gasteiger partial charge on any atom is -0.497 e. The summed E-state index contributed by atoms with van der Waals surface area (Å²) < 4.78 is 13.6. The predicted molar refractivity (Wildman–Crippen MR) is 142 cm³/mol. The van der Waals surface area contributed by atoms with Gasteiger partial charge in [0, 0.05) is 19.6 Å². The first-order chi connectivity index (χ1) is 17.6. The lowest BCUT2D eigenvalue weighted by Gasteiger charge is -2.27. The van der Waals surface area contributed by atoms with E-state index >= 15 is 0 Å². The summed E-state index contributed by atoms with van der Waals surface area (Å²) in [5.41, 5.74) is 2.21. The van der Waals surface area contributed by atoms with Crippen molar-refractivity contribution in [2.45, 2.75) is 6.54 Å². The van der Waals surface area contributed by atoms with Crippen LogP contribution in [-0.2, 0) is 11.3 Å². The van der Waals surface area contributed by atoms with E-state index in [1.807, 2.05) is 59.0 Å². The largest absolute Gasteiger partial charge is 0.497 e. The number of morpholine rings is 1. The van der Waals surface area contributed by atoms with Gasteiger partial charge in [0.25, 0.3) is 5.91 Å². The van der Waals surface area contributed by atoms with Gasteiger partial charge in [-0.15, -0.1) is 11.3 Å². The normalized spacial score (nSPS) is 14.0. The van der Waals surface area contributed by atoms with Gasteiger partial charge in [0.05, 0.1) is 35.9 Å². The maximum atomic E-state index is 13.7. The summed E-state index contributed by atoms with van der Waals surface area (Å²) >= 11 is 1.43. The third-order valence-corrected chi connectivity index (χ3v) is 7.59. The molecule has 1 amide bonds. The fourth-order valence-electron chi connectivity index (χ4n) is 4.56. The number of pyridine rings is 2. The van der Waals surface area contributed by atoms with Gasteiger partial charge in [-0.05, 0) is 42.0 Å². The third-order valence-electron chi connectivity index (χ3n) is 6.45. The average Bonchev–Trinajstić information content (AvgIpc) is 3.32. The molecule has 1 saturated heterocycles. The molecule has 0 aliphatic carbocycles. The number of ether oxygens (including phenoxy) is 2. The van der Waals surface area contributed by atoms with Gasteiger partial charge < -0.3 is 19.7 Å². The van der Waals surface area contributed by atoms with Crippen molar-refractivity contribution in [3.8, 4) is 5.75 Å². The second-order valence-electron chi connectivity index (χ2n) is 8.59. The van der Waals surface area contributed by atoms with Crippen molar-refractivity contribution in [3.05, 3.63) is 82.0 Å². The molecule has 0 spiro atoms. The van der Waals surface area contributed by atoms with Gasteiger partial charge in [0.2, 0.25) is 5.43 Å². The molecule has 0 atom stereocenters. The Morgan fingerprint density at radius 3 is 2.64 bits per heavy atom. The number of carbonyl (C=O) groups is 1. The van der Waals surface area contributed by atoms with Gasteiger partial charge in [-0.25, -0.2) is 4.98 Å². The molecule has 182 valence electrons. The zero-order valence-corrected chi connectivity index (χ0v) is 20.5. The van der Waals surface area contributed by atoms with Gasteiger partial charge in [0.1, 0.15) is 22.0 Å². The van der Waals surface area contributed by atoms with Crippen molar-refractivity contribution in [1.82, 2.24) is 14.7 Å².